The lowest BCUT2D eigenvalue weighted by atomic mass is 10.1. The number of carboxylic acids is 1. The second kappa shape index (κ2) is 8.68. The summed E-state index contributed by atoms with van der Waals surface area (Å²) in [5.74, 6) is -1.24. The van der Waals surface area contributed by atoms with E-state index in [1.54, 1.807) is 42.9 Å². The molecule has 1 amide bonds. The van der Waals surface area contributed by atoms with Crippen molar-refractivity contribution in [3.63, 3.8) is 0 Å². The minimum atomic E-state index is -1.31. The van der Waals surface area contributed by atoms with Crippen LogP contribution in [-0.2, 0) is 12.8 Å². The molecule has 9 nitrogen and oxygen atoms in total. The van der Waals surface area contributed by atoms with E-state index in [0.29, 0.717) is 11.3 Å². The van der Waals surface area contributed by atoms with Crippen LogP contribution in [0.5, 0.6) is 0 Å². The van der Waals surface area contributed by atoms with Crippen LogP contribution in [0.4, 0.5) is 11.6 Å². The number of hydrogen-bond donors (Lipinski definition) is 2. The number of rotatable bonds is 5. The summed E-state index contributed by atoms with van der Waals surface area (Å²) < 4.78 is 1.62. The highest BCUT2D eigenvalue weighted by atomic mass is 16.4. The summed E-state index contributed by atoms with van der Waals surface area (Å²) in [5.41, 5.74) is 3.61. The van der Waals surface area contributed by atoms with Crippen LogP contribution in [0.2, 0.25) is 0 Å². The first-order valence-electron chi connectivity index (χ1n) is 11.2. The topological polar surface area (TPSA) is 117 Å². The highest BCUT2D eigenvalue weighted by molar-refractivity contribution is 5.95. The van der Waals surface area contributed by atoms with E-state index in [9.17, 15) is 19.5 Å². The van der Waals surface area contributed by atoms with Crippen molar-refractivity contribution in [2.24, 2.45) is 0 Å². The lowest BCUT2D eigenvalue weighted by molar-refractivity contribution is 0.0694. The molecule has 5 rings (SSSR count). The number of carbonyl (C=O) groups is 2. The minimum absolute atomic E-state index is 0.104. The highest BCUT2D eigenvalue weighted by Gasteiger charge is 2.19. The van der Waals surface area contributed by atoms with Gasteiger partial charge in [0, 0.05) is 43.4 Å². The fourth-order valence-electron chi connectivity index (χ4n) is 4.35. The third-order valence-electron chi connectivity index (χ3n) is 6.11. The lowest BCUT2D eigenvalue weighted by Crippen LogP contribution is -2.21. The fourth-order valence-corrected chi connectivity index (χ4v) is 4.35. The summed E-state index contributed by atoms with van der Waals surface area (Å²) in [4.78, 5) is 47.2. The average Bonchev–Trinajstić information content (AvgIpc) is 3.31. The second-order valence-corrected chi connectivity index (χ2v) is 8.69. The number of amides is 1. The Balaban J connectivity index is 1.63. The number of aromatic carboxylic acids is 1. The first-order valence-corrected chi connectivity index (χ1v) is 11.2. The van der Waals surface area contributed by atoms with Crippen molar-refractivity contribution in [3.05, 3.63) is 87.3 Å². The van der Waals surface area contributed by atoms with Crippen molar-refractivity contribution in [3.8, 4) is 5.69 Å². The Hall–Kier alpha value is -4.53. The summed E-state index contributed by atoms with van der Waals surface area (Å²) in [6.45, 7) is 0. The van der Waals surface area contributed by atoms with E-state index < -0.39 is 11.4 Å². The maximum absolute atomic E-state index is 12.9. The molecule has 2 N–H and O–H groups in total. The van der Waals surface area contributed by atoms with E-state index >= 15 is 0 Å². The predicted molar refractivity (Wildman–Crippen MR) is 132 cm³/mol. The summed E-state index contributed by atoms with van der Waals surface area (Å²) in [6.07, 6.45) is 5.70. The molecule has 0 saturated carbocycles. The Labute approximate surface area is 200 Å². The number of benzene rings is 2. The number of nitrogens with one attached hydrogen (secondary N) is 1. The van der Waals surface area contributed by atoms with E-state index in [4.69, 9.17) is 0 Å². The van der Waals surface area contributed by atoms with Gasteiger partial charge in [-0.15, -0.1) is 0 Å². The molecule has 0 fully saturated rings. The third-order valence-corrected chi connectivity index (χ3v) is 6.11. The second-order valence-electron chi connectivity index (χ2n) is 8.69. The molecule has 0 aliphatic heterocycles. The van der Waals surface area contributed by atoms with Crippen LogP contribution in [0.1, 0.15) is 38.3 Å². The van der Waals surface area contributed by atoms with Crippen LogP contribution < -0.4 is 10.7 Å². The smallest absolute Gasteiger partial charge is 0.341 e. The van der Waals surface area contributed by atoms with E-state index in [2.05, 4.69) is 15.3 Å². The molecule has 0 atom stereocenters. The monoisotopic (exact) mass is 469 g/mol. The molecule has 0 spiro atoms. The number of carboxylic acid groups (broad SMARTS) is 1. The zero-order valence-electron chi connectivity index (χ0n) is 19.3. The average molecular weight is 470 g/mol. The Morgan fingerprint density at radius 3 is 2.66 bits per heavy atom. The molecule has 2 aromatic carbocycles. The first kappa shape index (κ1) is 22.3. The van der Waals surface area contributed by atoms with Gasteiger partial charge in [-0.05, 0) is 60.7 Å². The van der Waals surface area contributed by atoms with Gasteiger partial charge >= 0.3 is 5.97 Å². The number of anilines is 2. The molecule has 1 aliphatic rings. The molecule has 176 valence electrons. The van der Waals surface area contributed by atoms with Gasteiger partial charge in [0.05, 0.1) is 5.39 Å². The van der Waals surface area contributed by atoms with Gasteiger partial charge in [-0.1, -0.05) is 12.1 Å². The van der Waals surface area contributed by atoms with Crippen molar-refractivity contribution in [1.82, 2.24) is 19.4 Å². The van der Waals surface area contributed by atoms with Crippen LogP contribution in [0, 0.1) is 0 Å². The maximum Gasteiger partial charge on any atom is 0.341 e. The number of fused-ring (bicyclic) bond motifs is 2. The zero-order valence-corrected chi connectivity index (χ0v) is 19.3. The van der Waals surface area contributed by atoms with Crippen molar-refractivity contribution < 1.29 is 14.7 Å². The third kappa shape index (κ3) is 4.12. The fraction of sp³-hybridized carbons (Fsp3) is 0.192. The molecular formula is C26H23N5O4. The predicted octanol–water partition coefficient (Wildman–Crippen LogP) is 3.41. The first-order chi connectivity index (χ1) is 16.8. The van der Waals surface area contributed by atoms with Crippen LogP contribution >= 0.6 is 0 Å². The van der Waals surface area contributed by atoms with Crippen molar-refractivity contribution in [2.45, 2.75) is 19.3 Å². The van der Waals surface area contributed by atoms with Gasteiger partial charge in [-0.2, -0.15) is 4.98 Å². The van der Waals surface area contributed by atoms with Crippen molar-refractivity contribution in [2.75, 3.05) is 19.4 Å². The minimum Gasteiger partial charge on any atom is -0.477 e. The Morgan fingerprint density at radius 1 is 1.09 bits per heavy atom. The van der Waals surface area contributed by atoms with Gasteiger partial charge in [-0.3, -0.25) is 9.59 Å². The standard InChI is InChI=1S/C26H23N5O4/c1-30(2)24(33)17-7-4-8-18(11-17)28-26-27-13-20-22(32)21(25(34)35)14-31(23(20)29-26)19-10-9-15-5-3-6-16(15)12-19/h4,7-14H,3,5-6H2,1-2H3,(H,34,35)(H,27,28,29). The zero-order chi connectivity index (χ0) is 24.7. The number of pyridine rings is 1. The van der Waals surface area contributed by atoms with Gasteiger partial charge in [0.1, 0.15) is 5.56 Å². The quantitative estimate of drug-likeness (QED) is 0.460. The van der Waals surface area contributed by atoms with E-state index in [-0.39, 0.29) is 28.5 Å². The summed E-state index contributed by atoms with van der Waals surface area (Å²) in [6, 6.07) is 12.9. The molecule has 2 aromatic heterocycles. The van der Waals surface area contributed by atoms with Crippen LogP contribution in [0.3, 0.4) is 0 Å². The maximum atomic E-state index is 12.9. The molecule has 0 saturated heterocycles. The molecule has 4 aromatic rings. The number of aromatic nitrogens is 3. The van der Waals surface area contributed by atoms with Gasteiger partial charge in [0.2, 0.25) is 11.4 Å². The molecule has 2 heterocycles. The number of carbonyl (C=O) groups excluding carboxylic acids is 1. The van der Waals surface area contributed by atoms with E-state index in [1.165, 1.54) is 28.4 Å². The lowest BCUT2D eigenvalue weighted by Gasteiger charge is -2.14. The molecule has 1 aliphatic carbocycles. The number of nitrogens with zero attached hydrogens (tertiary/aromatic N) is 4. The number of hydrogen-bond acceptors (Lipinski definition) is 6. The van der Waals surface area contributed by atoms with Crippen molar-refractivity contribution >= 4 is 34.5 Å². The van der Waals surface area contributed by atoms with Crippen LogP contribution in [0.15, 0.2) is 59.7 Å². The van der Waals surface area contributed by atoms with E-state index in [0.717, 1.165) is 24.9 Å². The Bertz CT molecular complexity index is 1560. The largest absolute Gasteiger partial charge is 0.477 e. The van der Waals surface area contributed by atoms with Crippen molar-refractivity contribution in [1.29, 1.82) is 0 Å². The molecule has 35 heavy (non-hydrogen) atoms. The normalized spacial score (nSPS) is 12.4. The van der Waals surface area contributed by atoms with Gasteiger partial charge in [0.15, 0.2) is 5.65 Å². The molecular weight excluding hydrogens is 446 g/mol. The Kier molecular flexibility index (Phi) is 5.52. The number of aryl methyl sites for hydroxylation is 2. The highest BCUT2D eigenvalue weighted by Crippen LogP contribution is 2.26. The Morgan fingerprint density at radius 2 is 1.89 bits per heavy atom. The summed E-state index contributed by atoms with van der Waals surface area (Å²) >= 11 is 0. The van der Waals surface area contributed by atoms with Gasteiger partial charge < -0.3 is 19.9 Å². The SMILES string of the molecule is CN(C)C(=O)c1cccc(Nc2ncc3c(=O)c(C(=O)O)cn(-c4ccc5c(c4)CCC5)c3n2)c1. The molecule has 0 bridgehead atoms. The molecule has 0 unspecified atom stereocenters. The van der Waals surface area contributed by atoms with Gasteiger partial charge in [0.25, 0.3) is 5.91 Å². The molecule has 0 radical (unpaired) electrons. The molecule has 9 heteroatoms. The van der Waals surface area contributed by atoms with E-state index in [1.807, 2.05) is 18.2 Å². The summed E-state index contributed by atoms with van der Waals surface area (Å²) in [7, 11) is 3.36. The van der Waals surface area contributed by atoms with Crippen LogP contribution in [0.25, 0.3) is 16.7 Å². The summed E-state index contributed by atoms with van der Waals surface area (Å²) in [5, 5.41) is 12.8. The van der Waals surface area contributed by atoms with Crippen LogP contribution in [-0.4, -0.2) is 50.5 Å². The van der Waals surface area contributed by atoms with Gasteiger partial charge in [-0.25, -0.2) is 9.78 Å².